The Hall–Kier alpha value is -2.97. The van der Waals surface area contributed by atoms with Gasteiger partial charge in [-0.3, -0.25) is 9.48 Å². The fraction of sp³-hybridized carbons (Fsp3) is 0.238. The zero-order valence-corrected chi connectivity index (χ0v) is 17.1. The van der Waals surface area contributed by atoms with Gasteiger partial charge in [0.05, 0.1) is 10.6 Å². The highest BCUT2D eigenvalue weighted by Gasteiger charge is 2.28. The third kappa shape index (κ3) is 3.81. The van der Waals surface area contributed by atoms with Gasteiger partial charge in [-0.05, 0) is 48.7 Å². The number of benzene rings is 2. The molecule has 3 aromatic rings. The molecule has 0 aliphatic carbocycles. The summed E-state index contributed by atoms with van der Waals surface area (Å²) in [4.78, 5) is 12.6. The van der Waals surface area contributed by atoms with Gasteiger partial charge in [-0.25, -0.2) is 8.42 Å². The summed E-state index contributed by atoms with van der Waals surface area (Å²) in [6.45, 7) is 2.65. The molecule has 0 fully saturated rings. The number of sulfonamides is 1. The quantitative estimate of drug-likeness (QED) is 0.717. The molecule has 0 spiro atoms. The molecule has 0 radical (unpaired) electrons. The second-order valence-electron chi connectivity index (χ2n) is 7.13. The Morgan fingerprint density at radius 3 is 2.41 bits per heavy atom. The number of hydrogen-bond donors (Lipinski definition) is 1. The van der Waals surface area contributed by atoms with Crippen molar-refractivity contribution in [2.24, 2.45) is 7.05 Å². The van der Waals surface area contributed by atoms with E-state index in [-0.39, 0.29) is 10.8 Å². The van der Waals surface area contributed by atoms with Crippen LogP contribution >= 0.6 is 0 Å². The van der Waals surface area contributed by atoms with Gasteiger partial charge in [-0.15, -0.1) is 0 Å². The average molecular weight is 410 g/mol. The van der Waals surface area contributed by atoms with Crippen LogP contribution in [-0.4, -0.2) is 35.0 Å². The van der Waals surface area contributed by atoms with Gasteiger partial charge in [0.15, 0.2) is 0 Å². The van der Waals surface area contributed by atoms with Crippen LogP contribution in [0.25, 0.3) is 0 Å². The summed E-state index contributed by atoms with van der Waals surface area (Å²) in [5.74, 6) is 0.264. The van der Waals surface area contributed by atoms with Crippen LogP contribution in [0.4, 0.5) is 5.82 Å². The van der Waals surface area contributed by atoms with Gasteiger partial charge in [0.1, 0.15) is 5.82 Å². The normalized spacial score (nSPS) is 14.4. The number of amides is 1. The lowest BCUT2D eigenvalue weighted by atomic mass is 10.0. The maximum atomic E-state index is 13.0. The molecule has 1 aliphatic rings. The second kappa shape index (κ2) is 7.46. The topological polar surface area (TPSA) is 84.3 Å². The van der Waals surface area contributed by atoms with Gasteiger partial charge >= 0.3 is 0 Å². The van der Waals surface area contributed by atoms with Crippen molar-refractivity contribution in [3.05, 3.63) is 77.0 Å². The van der Waals surface area contributed by atoms with Crippen molar-refractivity contribution in [2.75, 3.05) is 11.9 Å². The second-order valence-corrected chi connectivity index (χ2v) is 9.07. The summed E-state index contributed by atoms with van der Waals surface area (Å²) in [6.07, 6.45) is 0.694. The summed E-state index contributed by atoms with van der Waals surface area (Å²) >= 11 is 0. The predicted octanol–water partition coefficient (Wildman–Crippen LogP) is 2.73. The van der Waals surface area contributed by atoms with E-state index in [0.717, 1.165) is 11.3 Å². The highest BCUT2D eigenvalue weighted by Crippen LogP contribution is 2.25. The first-order chi connectivity index (χ1) is 13.8. The van der Waals surface area contributed by atoms with Crippen LogP contribution in [0.3, 0.4) is 0 Å². The Bertz CT molecular complexity index is 1170. The van der Waals surface area contributed by atoms with Crippen LogP contribution < -0.4 is 5.32 Å². The lowest BCUT2D eigenvalue weighted by Gasteiger charge is -2.28. The summed E-state index contributed by atoms with van der Waals surface area (Å²) in [5.41, 5.74) is 3.40. The molecular weight excluding hydrogens is 388 g/mol. The van der Waals surface area contributed by atoms with Crippen LogP contribution in [0.5, 0.6) is 0 Å². The zero-order valence-electron chi connectivity index (χ0n) is 16.3. The first-order valence-electron chi connectivity index (χ1n) is 9.33. The number of nitrogens with zero attached hydrogens (tertiary/aromatic N) is 3. The molecule has 8 heteroatoms. The highest BCUT2D eigenvalue weighted by molar-refractivity contribution is 7.89. The number of carbonyl (C=O) groups excluding carboxylic acids is 1. The van der Waals surface area contributed by atoms with Crippen LogP contribution in [0, 0.1) is 6.92 Å². The van der Waals surface area contributed by atoms with Crippen molar-refractivity contribution in [3.8, 4) is 0 Å². The number of nitrogens with one attached hydrogen (secondary N) is 1. The van der Waals surface area contributed by atoms with E-state index in [2.05, 4.69) is 10.4 Å². The fourth-order valence-corrected chi connectivity index (χ4v) is 4.94. The molecule has 1 N–H and O–H groups in total. The van der Waals surface area contributed by atoms with Gasteiger partial charge in [-0.2, -0.15) is 9.40 Å². The molecule has 1 amide bonds. The monoisotopic (exact) mass is 410 g/mol. The molecule has 2 aromatic carbocycles. The Morgan fingerprint density at radius 1 is 1.07 bits per heavy atom. The number of aryl methyl sites for hydroxylation is 2. The van der Waals surface area contributed by atoms with E-state index < -0.39 is 10.0 Å². The third-order valence-electron chi connectivity index (χ3n) is 5.09. The standard InChI is InChI=1S/C21H22N4O3S/c1-15-13-20(24(2)23-15)22-21(26)17-7-9-19(10-8-17)29(27,28)25-12-11-16-5-3-4-6-18(16)14-25/h3-10,13H,11-12,14H2,1-2H3,(H,22,26). The first kappa shape index (κ1) is 19.4. The van der Waals surface area contributed by atoms with Crippen LogP contribution in [0.1, 0.15) is 27.2 Å². The lowest BCUT2D eigenvalue weighted by molar-refractivity contribution is 0.102. The molecule has 2 heterocycles. The Balaban J connectivity index is 1.51. The molecule has 0 saturated carbocycles. The summed E-state index contributed by atoms with van der Waals surface area (Å²) in [7, 11) is -1.88. The average Bonchev–Trinajstić information content (AvgIpc) is 3.04. The Kier molecular flexibility index (Phi) is 4.97. The maximum absolute atomic E-state index is 13.0. The van der Waals surface area contributed by atoms with Gasteiger partial charge in [0.25, 0.3) is 5.91 Å². The van der Waals surface area contributed by atoms with Crippen LogP contribution in [-0.2, 0) is 30.0 Å². The minimum absolute atomic E-state index is 0.185. The van der Waals surface area contributed by atoms with E-state index in [1.54, 1.807) is 17.8 Å². The molecule has 0 bridgehead atoms. The van der Waals surface area contributed by atoms with Gasteiger partial charge in [0, 0.05) is 31.8 Å². The SMILES string of the molecule is Cc1cc(NC(=O)c2ccc(S(=O)(=O)N3CCc4ccccc4C3)cc2)n(C)n1. The molecule has 0 saturated heterocycles. The third-order valence-corrected chi connectivity index (χ3v) is 6.95. The smallest absolute Gasteiger partial charge is 0.256 e. The van der Waals surface area contributed by atoms with Crippen molar-refractivity contribution in [1.29, 1.82) is 0 Å². The maximum Gasteiger partial charge on any atom is 0.256 e. The van der Waals surface area contributed by atoms with E-state index in [9.17, 15) is 13.2 Å². The van der Waals surface area contributed by atoms with Gasteiger partial charge in [-0.1, -0.05) is 24.3 Å². The number of carbonyl (C=O) groups is 1. The van der Waals surface area contributed by atoms with Crippen LogP contribution in [0.15, 0.2) is 59.5 Å². The molecule has 0 atom stereocenters. The van der Waals surface area contributed by atoms with Crippen molar-refractivity contribution < 1.29 is 13.2 Å². The number of rotatable bonds is 4. The molecule has 1 aromatic heterocycles. The number of anilines is 1. The lowest BCUT2D eigenvalue weighted by Crippen LogP contribution is -2.35. The molecular formula is C21H22N4O3S. The largest absolute Gasteiger partial charge is 0.307 e. The van der Waals surface area contributed by atoms with E-state index >= 15 is 0 Å². The van der Waals surface area contributed by atoms with Gasteiger partial charge < -0.3 is 5.32 Å². The Labute approximate surface area is 170 Å². The highest BCUT2D eigenvalue weighted by atomic mass is 32.2. The predicted molar refractivity (Wildman–Crippen MR) is 110 cm³/mol. The molecule has 1 aliphatic heterocycles. The summed E-state index contributed by atoms with van der Waals surface area (Å²) in [6, 6.07) is 15.7. The minimum Gasteiger partial charge on any atom is -0.307 e. The molecule has 150 valence electrons. The minimum atomic E-state index is -3.62. The van der Waals surface area contributed by atoms with E-state index in [1.807, 2.05) is 31.2 Å². The van der Waals surface area contributed by atoms with Crippen molar-refractivity contribution in [3.63, 3.8) is 0 Å². The van der Waals surface area contributed by atoms with Crippen LogP contribution in [0.2, 0.25) is 0 Å². The van der Waals surface area contributed by atoms with Crippen molar-refractivity contribution in [1.82, 2.24) is 14.1 Å². The summed E-state index contributed by atoms with van der Waals surface area (Å²) < 4.78 is 29.1. The molecule has 29 heavy (non-hydrogen) atoms. The van der Waals surface area contributed by atoms with E-state index in [1.165, 1.54) is 34.1 Å². The van der Waals surface area contributed by atoms with Crippen molar-refractivity contribution >= 4 is 21.7 Å². The Morgan fingerprint density at radius 2 is 1.76 bits per heavy atom. The first-order valence-corrected chi connectivity index (χ1v) is 10.8. The number of aromatic nitrogens is 2. The summed E-state index contributed by atoms with van der Waals surface area (Å²) in [5, 5.41) is 6.97. The number of hydrogen-bond acceptors (Lipinski definition) is 4. The van der Waals surface area contributed by atoms with Gasteiger partial charge in [0.2, 0.25) is 10.0 Å². The molecule has 7 nitrogen and oxygen atoms in total. The van der Waals surface area contributed by atoms with Crippen molar-refractivity contribution in [2.45, 2.75) is 24.8 Å². The number of fused-ring (bicyclic) bond motifs is 1. The van der Waals surface area contributed by atoms with E-state index in [0.29, 0.717) is 30.9 Å². The fourth-order valence-electron chi connectivity index (χ4n) is 3.52. The van der Waals surface area contributed by atoms with E-state index in [4.69, 9.17) is 0 Å². The molecule has 0 unspecified atom stereocenters. The zero-order chi connectivity index (χ0) is 20.6. The molecule has 4 rings (SSSR count).